The van der Waals surface area contributed by atoms with Crippen LogP contribution in [0.5, 0.6) is 0 Å². The average molecular weight is 429 g/mol. The maximum atomic E-state index is 12.4. The van der Waals surface area contributed by atoms with Crippen molar-refractivity contribution in [2.75, 3.05) is 11.9 Å². The molecular weight excluding hydrogens is 404 g/mol. The van der Waals surface area contributed by atoms with E-state index in [0.29, 0.717) is 6.42 Å². The number of aliphatic hydroxyl groups excluding tert-OH is 2. The number of aliphatic imine (C=N–C) groups is 1. The lowest BCUT2D eigenvalue weighted by Crippen LogP contribution is -2.35. The van der Waals surface area contributed by atoms with Crippen molar-refractivity contribution in [2.24, 2.45) is 4.99 Å². The molecule has 0 aliphatic carbocycles. The molecule has 1 aromatic heterocycles. The number of rotatable bonds is 5. The molecule has 1 aromatic carbocycles. The third kappa shape index (κ3) is 4.29. The number of pyridine rings is 1. The van der Waals surface area contributed by atoms with E-state index in [1.807, 2.05) is 30.1 Å². The van der Waals surface area contributed by atoms with Gasteiger partial charge in [-0.15, -0.1) is 0 Å². The minimum atomic E-state index is -3.71. The largest absolute Gasteiger partial charge is 0.374 e. The van der Waals surface area contributed by atoms with Crippen molar-refractivity contribution in [1.29, 1.82) is 0 Å². The Bertz CT molecular complexity index is 1110. The number of dihydropyridines is 1. The summed E-state index contributed by atoms with van der Waals surface area (Å²) in [6.45, 7) is 0.0940. The van der Waals surface area contributed by atoms with E-state index in [9.17, 15) is 18.6 Å². The molecule has 2 aliphatic rings. The van der Waals surface area contributed by atoms with Gasteiger partial charge in [0.15, 0.2) is 0 Å². The lowest BCUT2D eigenvalue weighted by molar-refractivity contribution is 0.160. The smallest absolute Gasteiger partial charge is 0.242 e. The van der Waals surface area contributed by atoms with E-state index in [-0.39, 0.29) is 17.9 Å². The lowest BCUT2D eigenvalue weighted by Gasteiger charge is -2.32. The van der Waals surface area contributed by atoms with Gasteiger partial charge in [-0.05, 0) is 47.7 Å². The number of fused-ring (bicyclic) bond motifs is 1. The van der Waals surface area contributed by atoms with Gasteiger partial charge < -0.3 is 15.1 Å². The van der Waals surface area contributed by atoms with Crippen LogP contribution in [0.15, 0.2) is 52.6 Å². The highest BCUT2D eigenvalue weighted by Gasteiger charge is 2.22. The van der Waals surface area contributed by atoms with Gasteiger partial charge in [0.2, 0.25) is 10.0 Å². The van der Waals surface area contributed by atoms with Gasteiger partial charge in [0, 0.05) is 49.9 Å². The van der Waals surface area contributed by atoms with Crippen LogP contribution in [0.4, 0.5) is 5.69 Å². The van der Waals surface area contributed by atoms with Crippen molar-refractivity contribution < 1.29 is 18.6 Å². The molecule has 0 spiro atoms. The van der Waals surface area contributed by atoms with Gasteiger partial charge in [0.1, 0.15) is 12.5 Å². The van der Waals surface area contributed by atoms with Gasteiger partial charge in [0.25, 0.3) is 0 Å². The van der Waals surface area contributed by atoms with Crippen LogP contribution in [0.3, 0.4) is 0 Å². The number of aromatic nitrogens is 1. The first-order valence-electron chi connectivity index (χ1n) is 9.73. The van der Waals surface area contributed by atoms with Gasteiger partial charge >= 0.3 is 0 Å². The highest BCUT2D eigenvalue weighted by atomic mass is 32.2. The Morgan fingerprint density at radius 2 is 2.03 bits per heavy atom. The third-order valence-electron chi connectivity index (χ3n) is 5.39. The van der Waals surface area contributed by atoms with E-state index in [1.54, 1.807) is 12.4 Å². The van der Waals surface area contributed by atoms with Gasteiger partial charge in [-0.1, -0.05) is 12.1 Å². The molecule has 2 unspecified atom stereocenters. The number of nitrogens with one attached hydrogen (secondary N) is 1. The molecule has 9 heteroatoms. The van der Waals surface area contributed by atoms with Crippen LogP contribution >= 0.6 is 0 Å². The minimum absolute atomic E-state index is 0.0536. The summed E-state index contributed by atoms with van der Waals surface area (Å²) < 4.78 is 27.4. The number of hydrogen-bond donors (Lipinski definition) is 3. The number of hydrogen-bond acceptors (Lipinski definition) is 7. The maximum absolute atomic E-state index is 12.4. The first kappa shape index (κ1) is 20.7. The van der Waals surface area contributed by atoms with Crippen molar-refractivity contribution in [3.63, 3.8) is 0 Å². The fourth-order valence-corrected chi connectivity index (χ4v) is 4.66. The Morgan fingerprint density at radius 3 is 2.80 bits per heavy atom. The molecular formula is C21H24N4O4S. The molecule has 2 aliphatic heterocycles. The Kier molecular flexibility index (Phi) is 5.70. The maximum Gasteiger partial charge on any atom is 0.242 e. The number of aliphatic hydroxyl groups is 2. The monoisotopic (exact) mass is 428 g/mol. The fraction of sp³-hybridized carbons (Fsp3) is 0.333. The summed E-state index contributed by atoms with van der Waals surface area (Å²) in [4.78, 5) is 9.93. The van der Waals surface area contributed by atoms with Crippen molar-refractivity contribution in [3.8, 4) is 11.1 Å². The second-order valence-electron chi connectivity index (χ2n) is 7.48. The summed E-state index contributed by atoms with van der Waals surface area (Å²) in [5.41, 5.74) is 4.80. The summed E-state index contributed by atoms with van der Waals surface area (Å²) in [5.74, 6) is 0. The van der Waals surface area contributed by atoms with E-state index in [2.05, 4.69) is 20.8 Å². The number of anilines is 1. The van der Waals surface area contributed by atoms with Gasteiger partial charge in [-0.3, -0.25) is 9.98 Å². The Balaban J connectivity index is 1.50. The Labute approximate surface area is 175 Å². The molecule has 0 saturated heterocycles. The van der Waals surface area contributed by atoms with Crippen LogP contribution in [0.2, 0.25) is 0 Å². The molecule has 158 valence electrons. The fourth-order valence-electron chi connectivity index (χ4n) is 3.63. The molecule has 0 bridgehead atoms. The quantitative estimate of drug-likeness (QED) is 0.666. The molecule has 3 heterocycles. The Hall–Kier alpha value is -2.59. The summed E-state index contributed by atoms with van der Waals surface area (Å²) in [7, 11) is -1.83. The molecule has 8 nitrogen and oxygen atoms in total. The Morgan fingerprint density at radius 1 is 1.20 bits per heavy atom. The van der Waals surface area contributed by atoms with Gasteiger partial charge in [-0.2, -0.15) is 0 Å². The van der Waals surface area contributed by atoms with Crippen molar-refractivity contribution in [1.82, 2.24) is 9.71 Å². The standard InChI is InChI=1S/C21H24N4O4S/c1-25-19-5-2-15(9-16(19)3-7-21(25)27)17-8-14(10-22-12-17)11-24-30(28,29)18-4-6-20(26)23-13-18/h2,4-5,8-10,12-13,20-21,24,26-27H,3,6-7,11H2,1H3. The highest BCUT2D eigenvalue weighted by Crippen LogP contribution is 2.32. The van der Waals surface area contributed by atoms with Crippen LogP contribution in [0, 0.1) is 0 Å². The number of allylic oxidation sites excluding steroid dienone is 1. The van der Waals surface area contributed by atoms with Crippen molar-refractivity contribution in [2.45, 2.75) is 38.3 Å². The summed E-state index contributed by atoms with van der Waals surface area (Å²) in [6, 6.07) is 7.97. The number of benzene rings is 1. The predicted molar refractivity (Wildman–Crippen MR) is 115 cm³/mol. The molecule has 2 aromatic rings. The number of nitrogens with zero attached hydrogens (tertiary/aromatic N) is 3. The van der Waals surface area contributed by atoms with E-state index >= 15 is 0 Å². The lowest BCUT2D eigenvalue weighted by atomic mass is 9.96. The molecule has 0 amide bonds. The predicted octanol–water partition coefficient (Wildman–Crippen LogP) is 1.55. The minimum Gasteiger partial charge on any atom is -0.374 e. The topological polar surface area (TPSA) is 115 Å². The van der Waals surface area contributed by atoms with Crippen LogP contribution < -0.4 is 9.62 Å². The summed E-state index contributed by atoms with van der Waals surface area (Å²) >= 11 is 0. The SMILES string of the molecule is CN1c2ccc(-c3cncc(CNS(=O)(=O)C4=CCC(O)N=C4)c3)cc2CCC1O. The third-order valence-corrected chi connectivity index (χ3v) is 6.80. The normalized spacial score (nSPS) is 21.3. The second kappa shape index (κ2) is 8.27. The van der Waals surface area contributed by atoms with E-state index in [1.165, 1.54) is 12.3 Å². The highest BCUT2D eigenvalue weighted by molar-refractivity contribution is 7.94. The van der Waals surface area contributed by atoms with E-state index < -0.39 is 22.5 Å². The zero-order valence-corrected chi connectivity index (χ0v) is 17.4. The zero-order valence-electron chi connectivity index (χ0n) is 16.6. The first-order valence-corrected chi connectivity index (χ1v) is 11.2. The number of aryl methyl sites for hydroxylation is 1. The number of sulfonamides is 1. The van der Waals surface area contributed by atoms with Crippen LogP contribution in [0.1, 0.15) is 24.0 Å². The molecule has 2 atom stereocenters. The van der Waals surface area contributed by atoms with Gasteiger partial charge in [0.05, 0.1) is 4.91 Å². The average Bonchev–Trinajstić information content (AvgIpc) is 2.75. The molecule has 30 heavy (non-hydrogen) atoms. The van der Waals surface area contributed by atoms with Gasteiger partial charge in [-0.25, -0.2) is 13.1 Å². The molecule has 0 saturated carbocycles. The van der Waals surface area contributed by atoms with Crippen molar-refractivity contribution in [3.05, 3.63) is 58.8 Å². The van der Waals surface area contributed by atoms with Crippen molar-refractivity contribution >= 4 is 21.9 Å². The summed E-state index contributed by atoms with van der Waals surface area (Å²) in [5, 5.41) is 19.4. The van der Waals surface area contributed by atoms with E-state index in [0.717, 1.165) is 34.4 Å². The zero-order chi connectivity index (χ0) is 21.3. The van der Waals surface area contributed by atoms with Crippen LogP contribution in [0.25, 0.3) is 11.1 Å². The van der Waals surface area contributed by atoms with Crippen LogP contribution in [-0.4, -0.2) is 49.3 Å². The summed E-state index contributed by atoms with van der Waals surface area (Å²) in [6.07, 6.45) is 6.31. The molecule has 4 rings (SSSR count). The van der Waals surface area contributed by atoms with E-state index in [4.69, 9.17) is 0 Å². The molecule has 0 fully saturated rings. The molecule has 0 radical (unpaired) electrons. The second-order valence-corrected chi connectivity index (χ2v) is 9.25. The van der Waals surface area contributed by atoms with Crippen LogP contribution in [-0.2, 0) is 23.0 Å². The first-order chi connectivity index (χ1) is 14.3. The molecule has 3 N–H and O–H groups in total.